The largest absolute Gasteiger partial charge is 0.423 e. The van der Waals surface area contributed by atoms with Gasteiger partial charge in [0.1, 0.15) is 17.3 Å². The van der Waals surface area contributed by atoms with E-state index < -0.39 is 11.9 Å². The zero-order valence-corrected chi connectivity index (χ0v) is 20.1. The molecule has 2 aromatic carbocycles. The standard InChI is InChI=1S/C26H21ClN6O3/c1-14-22(24(35)30-16-11-12-28-20(13-16)15(2)34)23(17-7-3-4-8-18(17)27)32-25(29-14)33-26-31-19-9-5-6-10-21(19)36-26/h3-13,23H,1-2H3,(H,28,30,35)(H2,29,31,32,33). The highest BCUT2D eigenvalue weighted by Gasteiger charge is 2.31. The minimum absolute atomic E-state index is 0.200. The van der Waals surface area contributed by atoms with Crippen molar-refractivity contribution in [2.45, 2.75) is 19.9 Å². The van der Waals surface area contributed by atoms with E-state index in [1.54, 1.807) is 19.1 Å². The fraction of sp³-hybridized carbons (Fsp3) is 0.115. The van der Waals surface area contributed by atoms with Crippen molar-refractivity contribution in [3.63, 3.8) is 0 Å². The van der Waals surface area contributed by atoms with Crippen molar-refractivity contribution in [1.82, 2.24) is 15.3 Å². The van der Waals surface area contributed by atoms with Crippen LogP contribution < -0.4 is 16.0 Å². The van der Waals surface area contributed by atoms with E-state index in [1.165, 1.54) is 19.2 Å². The number of nitrogens with one attached hydrogen (secondary N) is 3. The Morgan fingerprint density at radius 2 is 1.86 bits per heavy atom. The lowest BCUT2D eigenvalue weighted by molar-refractivity contribution is -0.113. The molecular weight excluding hydrogens is 480 g/mol. The Kier molecular flexibility index (Phi) is 6.22. The van der Waals surface area contributed by atoms with Gasteiger partial charge in [-0.1, -0.05) is 41.9 Å². The molecule has 1 aliphatic heterocycles. The Morgan fingerprint density at radius 3 is 2.64 bits per heavy atom. The number of allylic oxidation sites excluding steroid dienone is 1. The van der Waals surface area contributed by atoms with Crippen molar-refractivity contribution in [3.8, 4) is 0 Å². The second-order valence-electron chi connectivity index (χ2n) is 8.12. The molecule has 2 aromatic heterocycles. The minimum atomic E-state index is -0.721. The number of pyridine rings is 1. The van der Waals surface area contributed by atoms with Crippen molar-refractivity contribution in [1.29, 1.82) is 0 Å². The first-order valence-electron chi connectivity index (χ1n) is 11.1. The van der Waals surface area contributed by atoms with Gasteiger partial charge in [-0.25, -0.2) is 4.99 Å². The number of carbonyl (C=O) groups excluding carboxylic acids is 2. The van der Waals surface area contributed by atoms with Crippen molar-refractivity contribution in [2.75, 3.05) is 10.6 Å². The van der Waals surface area contributed by atoms with Gasteiger partial charge in [0.15, 0.2) is 11.4 Å². The van der Waals surface area contributed by atoms with Gasteiger partial charge < -0.3 is 15.1 Å². The molecule has 3 N–H and O–H groups in total. The molecule has 0 radical (unpaired) electrons. The fourth-order valence-electron chi connectivity index (χ4n) is 3.88. The van der Waals surface area contributed by atoms with E-state index in [0.29, 0.717) is 44.6 Å². The summed E-state index contributed by atoms with van der Waals surface area (Å²) in [6.07, 6.45) is 1.47. The van der Waals surface area contributed by atoms with E-state index in [9.17, 15) is 9.59 Å². The number of carbonyl (C=O) groups is 2. The number of para-hydroxylation sites is 2. The number of hydrogen-bond donors (Lipinski definition) is 3. The van der Waals surface area contributed by atoms with Crippen LogP contribution in [0.5, 0.6) is 0 Å². The van der Waals surface area contributed by atoms with E-state index in [1.807, 2.05) is 42.5 Å². The second-order valence-corrected chi connectivity index (χ2v) is 8.52. The highest BCUT2D eigenvalue weighted by molar-refractivity contribution is 6.31. The fourth-order valence-corrected chi connectivity index (χ4v) is 4.12. The van der Waals surface area contributed by atoms with Crippen LogP contribution in [0.25, 0.3) is 11.1 Å². The lowest BCUT2D eigenvalue weighted by atomic mass is 9.95. The Balaban J connectivity index is 1.48. The lowest BCUT2D eigenvalue weighted by Gasteiger charge is -2.27. The van der Waals surface area contributed by atoms with E-state index in [2.05, 4.69) is 25.9 Å². The molecule has 1 atom stereocenters. The molecule has 36 heavy (non-hydrogen) atoms. The maximum absolute atomic E-state index is 13.5. The molecule has 0 saturated heterocycles. The Bertz CT molecular complexity index is 1530. The quantitative estimate of drug-likeness (QED) is 0.326. The number of benzene rings is 2. The van der Waals surface area contributed by atoms with Crippen LogP contribution in [0.1, 0.15) is 35.9 Å². The number of ketones is 1. The lowest BCUT2D eigenvalue weighted by Crippen LogP contribution is -2.37. The molecule has 0 bridgehead atoms. The highest BCUT2D eigenvalue weighted by Crippen LogP contribution is 2.35. The number of nitrogens with zero attached hydrogens (tertiary/aromatic N) is 3. The summed E-state index contributed by atoms with van der Waals surface area (Å²) in [4.78, 5) is 38.4. The molecule has 0 spiro atoms. The van der Waals surface area contributed by atoms with Crippen LogP contribution in [-0.2, 0) is 4.79 Å². The molecule has 0 aliphatic carbocycles. The number of amides is 1. The molecule has 1 aliphatic rings. The summed E-state index contributed by atoms with van der Waals surface area (Å²) in [5.74, 6) is -0.243. The summed E-state index contributed by atoms with van der Waals surface area (Å²) < 4.78 is 5.76. The van der Waals surface area contributed by atoms with Gasteiger partial charge in [-0.2, -0.15) is 4.98 Å². The van der Waals surface area contributed by atoms with Gasteiger partial charge in [0.2, 0.25) is 5.96 Å². The monoisotopic (exact) mass is 500 g/mol. The van der Waals surface area contributed by atoms with E-state index in [0.717, 1.165) is 0 Å². The SMILES string of the molecule is CC(=O)c1cc(NC(=O)C2=C(C)NC(Nc3nc4ccccc4o3)=NC2c2ccccc2Cl)ccn1. The van der Waals surface area contributed by atoms with Crippen LogP contribution in [-0.4, -0.2) is 27.6 Å². The maximum Gasteiger partial charge on any atom is 0.302 e. The Morgan fingerprint density at radius 1 is 1.08 bits per heavy atom. The number of anilines is 2. The number of fused-ring (bicyclic) bond motifs is 1. The topological polar surface area (TPSA) is 122 Å². The molecule has 5 rings (SSSR count). The molecule has 0 saturated carbocycles. The van der Waals surface area contributed by atoms with Crippen LogP contribution in [0.3, 0.4) is 0 Å². The number of aliphatic imine (C=N–C) groups is 1. The normalized spacial score (nSPS) is 15.3. The molecule has 10 heteroatoms. The summed E-state index contributed by atoms with van der Waals surface area (Å²) >= 11 is 6.51. The van der Waals surface area contributed by atoms with Crippen molar-refractivity contribution in [3.05, 3.63) is 94.4 Å². The first-order chi connectivity index (χ1) is 17.4. The summed E-state index contributed by atoms with van der Waals surface area (Å²) in [5, 5.41) is 9.49. The highest BCUT2D eigenvalue weighted by atomic mass is 35.5. The molecule has 1 unspecified atom stereocenters. The predicted octanol–water partition coefficient (Wildman–Crippen LogP) is 5.10. The Labute approximate surface area is 211 Å². The van der Waals surface area contributed by atoms with Gasteiger partial charge in [-0.05, 0) is 37.3 Å². The average molecular weight is 501 g/mol. The number of oxazole rings is 1. The summed E-state index contributed by atoms with van der Waals surface area (Å²) in [7, 11) is 0. The van der Waals surface area contributed by atoms with Gasteiger partial charge in [-0.3, -0.25) is 19.9 Å². The number of halogens is 1. The Hall–Kier alpha value is -4.50. The maximum atomic E-state index is 13.5. The summed E-state index contributed by atoms with van der Waals surface area (Å²) in [6.45, 7) is 3.19. The van der Waals surface area contributed by atoms with Crippen LogP contribution in [0.15, 0.2) is 87.5 Å². The van der Waals surface area contributed by atoms with Crippen molar-refractivity contribution >= 4 is 52.1 Å². The molecule has 180 valence electrons. The van der Waals surface area contributed by atoms with Crippen LogP contribution in [0, 0.1) is 0 Å². The third kappa shape index (κ3) is 4.69. The molecule has 0 fully saturated rings. The van der Waals surface area contributed by atoms with Gasteiger partial charge in [0.25, 0.3) is 5.91 Å². The van der Waals surface area contributed by atoms with Gasteiger partial charge >= 0.3 is 6.01 Å². The summed E-state index contributed by atoms with van der Waals surface area (Å²) in [5.41, 5.74) is 3.62. The first kappa shape index (κ1) is 23.3. The smallest absolute Gasteiger partial charge is 0.302 e. The number of Topliss-reactive ketones (excluding diaryl/α,β-unsaturated/α-hetero) is 1. The third-order valence-electron chi connectivity index (χ3n) is 5.58. The minimum Gasteiger partial charge on any atom is -0.423 e. The van der Waals surface area contributed by atoms with Gasteiger partial charge in [0.05, 0.1) is 5.57 Å². The van der Waals surface area contributed by atoms with E-state index in [4.69, 9.17) is 21.0 Å². The molecule has 3 heterocycles. The molecule has 1 amide bonds. The van der Waals surface area contributed by atoms with Crippen LogP contribution >= 0.6 is 11.6 Å². The number of hydrogen-bond acceptors (Lipinski definition) is 8. The number of aromatic nitrogens is 2. The van der Waals surface area contributed by atoms with Crippen LogP contribution in [0.4, 0.5) is 11.7 Å². The summed E-state index contributed by atoms with van der Waals surface area (Å²) in [6, 6.07) is 17.3. The molecule has 9 nitrogen and oxygen atoms in total. The first-order valence-corrected chi connectivity index (χ1v) is 11.5. The van der Waals surface area contributed by atoms with Gasteiger partial charge in [-0.15, -0.1) is 0 Å². The third-order valence-corrected chi connectivity index (χ3v) is 5.93. The predicted molar refractivity (Wildman–Crippen MR) is 138 cm³/mol. The van der Waals surface area contributed by atoms with Gasteiger partial charge in [0, 0.05) is 35.1 Å². The van der Waals surface area contributed by atoms with E-state index in [-0.39, 0.29) is 17.5 Å². The van der Waals surface area contributed by atoms with Crippen molar-refractivity contribution in [2.24, 2.45) is 4.99 Å². The second kappa shape index (κ2) is 9.63. The van der Waals surface area contributed by atoms with E-state index >= 15 is 0 Å². The zero-order chi connectivity index (χ0) is 25.2. The van der Waals surface area contributed by atoms with Crippen LogP contribution in [0.2, 0.25) is 5.02 Å². The zero-order valence-electron chi connectivity index (χ0n) is 19.4. The molecular formula is C26H21ClN6O3. The average Bonchev–Trinajstić information content (AvgIpc) is 3.26. The number of guanidine groups is 1. The van der Waals surface area contributed by atoms with Crippen molar-refractivity contribution < 1.29 is 14.0 Å². The number of rotatable bonds is 5. The molecule has 4 aromatic rings.